The second-order valence-corrected chi connectivity index (χ2v) is 11.0. The Hall–Kier alpha value is -2.78. The molecule has 0 bridgehead atoms. The van der Waals surface area contributed by atoms with Gasteiger partial charge in [-0.1, -0.05) is 13.8 Å². The number of fused-ring (bicyclic) bond motifs is 3. The molecule has 9 heteroatoms. The predicted octanol–water partition coefficient (Wildman–Crippen LogP) is 3.08. The lowest BCUT2D eigenvalue weighted by atomic mass is 9.77. The maximum atomic E-state index is 13.7. The van der Waals surface area contributed by atoms with Gasteiger partial charge in [0, 0.05) is 6.54 Å². The molecule has 202 valence electrons. The number of carbonyl (C=O) groups excluding carboxylic acids is 2. The minimum absolute atomic E-state index is 0.0918. The summed E-state index contributed by atoms with van der Waals surface area (Å²) in [6.45, 7) is 5.97. The molecule has 2 unspecified atom stereocenters. The fraction of sp³-hybridized carbons (Fsp3) is 0.643. The van der Waals surface area contributed by atoms with E-state index < -0.39 is 30.1 Å². The summed E-state index contributed by atoms with van der Waals surface area (Å²) >= 11 is 0. The van der Waals surface area contributed by atoms with E-state index in [-0.39, 0.29) is 30.6 Å². The summed E-state index contributed by atoms with van der Waals surface area (Å²) < 4.78 is 28.1. The van der Waals surface area contributed by atoms with E-state index in [2.05, 4.69) is 11.0 Å². The van der Waals surface area contributed by atoms with Gasteiger partial charge in [0.15, 0.2) is 23.2 Å². The third kappa shape index (κ3) is 4.46. The number of hydrogen-bond acceptors (Lipinski definition) is 9. The van der Waals surface area contributed by atoms with Gasteiger partial charge in [0.2, 0.25) is 6.79 Å². The predicted molar refractivity (Wildman–Crippen MR) is 133 cm³/mol. The smallest absolute Gasteiger partial charge is 0.339 e. The maximum absolute atomic E-state index is 13.7. The molecule has 3 heterocycles. The lowest BCUT2D eigenvalue weighted by Gasteiger charge is -2.39. The molecular weight excluding hydrogens is 478 g/mol. The second kappa shape index (κ2) is 9.83. The van der Waals surface area contributed by atoms with Crippen LogP contribution >= 0.6 is 0 Å². The number of esters is 2. The first kappa shape index (κ1) is 25.9. The van der Waals surface area contributed by atoms with E-state index in [1.54, 1.807) is 7.11 Å². The van der Waals surface area contributed by atoms with E-state index in [1.807, 2.05) is 26.0 Å². The molecule has 37 heavy (non-hydrogen) atoms. The maximum Gasteiger partial charge on any atom is 0.339 e. The van der Waals surface area contributed by atoms with E-state index in [0.717, 1.165) is 49.2 Å². The highest BCUT2D eigenvalue weighted by molar-refractivity contribution is 5.86. The fourth-order valence-corrected chi connectivity index (χ4v) is 6.42. The van der Waals surface area contributed by atoms with E-state index in [1.165, 1.54) is 7.11 Å². The molecule has 1 aliphatic carbocycles. The molecule has 1 saturated heterocycles. The summed E-state index contributed by atoms with van der Waals surface area (Å²) in [5.41, 5.74) is -0.217. The topological polar surface area (TPSA) is 104 Å². The van der Waals surface area contributed by atoms with Crippen molar-refractivity contribution in [2.75, 3.05) is 34.1 Å². The third-order valence-corrected chi connectivity index (χ3v) is 8.38. The zero-order chi connectivity index (χ0) is 26.4. The van der Waals surface area contributed by atoms with Crippen molar-refractivity contribution >= 4 is 11.9 Å². The summed E-state index contributed by atoms with van der Waals surface area (Å²) in [6, 6.07) is 4.05. The van der Waals surface area contributed by atoms with Gasteiger partial charge in [-0.15, -0.1) is 0 Å². The first-order chi connectivity index (χ1) is 17.7. The van der Waals surface area contributed by atoms with Crippen molar-refractivity contribution < 1.29 is 38.4 Å². The highest BCUT2D eigenvalue weighted by Crippen LogP contribution is 2.55. The third-order valence-electron chi connectivity index (χ3n) is 8.38. The van der Waals surface area contributed by atoms with Gasteiger partial charge in [-0.25, -0.2) is 4.79 Å². The first-order valence-electron chi connectivity index (χ1n) is 13.2. The lowest BCUT2D eigenvalue weighted by Crippen LogP contribution is -2.49. The van der Waals surface area contributed by atoms with Gasteiger partial charge in [-0.3, -0.25) is 9.69 Å². The van der Waals surface area contributed by atoms with Gasteiger partial charge in [-0.05, 0) is 73.9 Å². The minimum atomic E-state index is -2.00. The Bertz CT molecular complexity index is 1100. The molecule has 4 aliphatic rings. The number of aliphatic hydroxyl groups is 1. The molecule has 0 saturated carbocycles. The largest absolute Gasteiger partial charge is 0.497 e. The van der Waals surface area contributed by atoms with Crippen LogP contribution in [0.5, 0.6) is 11.5 Å². The quantitative estimate of drug-likeness (QED) is 0.523. The van der Waals surface area contributed by atoms with Crippen molar-refractivity contribution in [1.82, 2.24) is 4.90 Å². The van der Waals surface area contributed by atoms with Gasteiger partial charge in [0.25, 0.3) is 0 Å². The molecule has 9 nitrogen and oxygen atoms in total. The lowest BCUT2D eigenvalue weighted by molar-refractivity contribution is -0.178. The van der Waals surface area contributed by atoms with Gasteiger partial charge >= 0.3 is 11.9 Å². The molecule has 0 radical (unpaired) electrons. The van der Waals surface area contributed by atoms with Gasteiger partial charge < -0.3 is 28.8 Å². The van der Waals surface area contributed by atoms with Crippen LogP contribution in [0.25, 0.3) is 0 Å². The molecule has 1 fully saturated rings. The van der Waals surface area contributed by atoms with Crippen LogP contribution in [0.2, 0.25) is 0 Å². The van der Waals surface area contributed by atoms with Gasteiger partial charge in [-0.2, -0.15) is 0 Å². The number of ether oxygens (including phenoxy) is 5. The Balaban J connectivity index is 1.54. The molecule has 4 atom stereocenters. The average molecular weight is 516 g/mol. The van der Waals surface area contributed by atoms with Crippen molar-refractivity contribution in [2.24, 2.45) is 5.92 Å². The molecule has 1 aromatic rings. The van der Waals surface area contributed by atoms with Crippen LogP contribution in [-0.4, -0.2) is 73.3 Å². The minimum Gasteiger partial charge on any atom is -0.497 e. The molecule has 1 aromatic carbocycles. The Kier molecular flexibility index (Phi) is 6.87. The van der Waals surface area contributed by atoms with Crippen LogP contribution in [-0.2, 0) is 30.2 Å². The summed E-state index contributed by atoms with van der Waals surface area (Å²) in [6.07, 6.45) is 4.26. The highest BCUT2D eigenvalue weighted by atomic mass is 16.7. The van der Waals surface area contributed by atoms with Crippen molar-refractivity contribution in [3.8, 4) is 11.5 Å². The summed E-state index contributed by atoms with van der Waals surface area (Å²) in [5.74, 6) is 0.431. The summed E-state index contributed by atoms with van der Waals surface area (Å²) in [4.78, 5) is 28.3. The Morgan fingerprint density at radius 3 is 2.68 bits per heavy atom. The zero-order valence-corrected chi connectivity index (χ0v) is 22.1. The average Bonchev–Trinajstić information content (AvgIpc) is 3.56. The zero-order valence-electron chi connectivity index (χ0n) is 22.1. The number of nitrogens with zero attached hydrogens (tertiary/aromatic N) is 1. The Morgan fingerprint density at radius 2 is 1.97 bits per heavy atom. The summed E-state index contributed by atoms with van der Waals surface area (Å²) in [7, 11) is 2.82. The van der Waals surface area contributed by atoms with Crippen LogP contribution < -0.4 is 9.47 Å². The Labute approximate surface area is 217 Å². The van der Waals surface area contributed by atoms with Crippen molar-refractivity contribution in [3.05, 3.63) is 35.1 Å². The van der Waals surface area contributed by atoms with Crippen LogP contribution in [0.1, 0.15) is 63.0 Å². The van der Waals surface area contributed by atoms with E-state index in [0.29, 0.717) is 17.9 Å². The second-order valence-electron chi connectivity index (χ2n) is 11.0. The van der Waals surface area contributed by atoms with Crippen molar-refractivity contribution in [2.45, 2.75) is 75.5 Å². The van der Waals surface area contributed by atoms with Crippen LogP contribution in [0.3, 0.4) is 0 Å². The van der Waals surface area contributed by atoms with Crippen molar-refractivity contribution in [3.63, 3.8) is 0 Å². The van der Waals surface area contributed by atoms with Crippen molar-refractivity contribution in [1.29, 1.82) is 0 Å². The van der Waals surface area contributed by atoms with Gasteiger partial charge in [0.05, 0.1) is 32.1 Å². The number of benzene rings is 1. The fourth-order valence-electron chi connectivity index (χ4n) is 6.42. The molecule has 1 spiro atoms. The number of carbonyl (C=O) groups is 2. The standard InChI is InChI=1S/C28H37NO8/c1-17(2)6-9-28(32,15-23(30)34-4)26(31)37-25-22(33-3)14-27-8-5-10-29(27)11-7-18-12-20-21(36-16-35-20)13-19(18)24(25)27/h12-14,17,24-25,32H,5-11,15-16H2,1-4H3/t24-,25?,27?,28+/m1/s1. The Morgan fingerprint density at radius 1 is 1.22 bits per heavy atom. The van der Waals surface area contributed by atoms with Crippen LogP contribution in [0.4, 0.5) is 0 Å². The van der Waals surface area contributed by atoms with E-state index in [9.17, 15) is 14.7 Å². The number of hydrogen-bond donors (Lipinski definition) is 1. The SMILES string of the molecule is COC(=O)C[C@@](O)(CCC(C)C)C(=O)OC1C(OC)=CC23CCCN2CCc2cc4c(cc2[C@H]13)OCO4. The van der Waals surface area contributed by atoms with E-state index >= 15 is 0 Å². The molecule has 0 amide bonds. The molecule has 0 aromatic heterocycles. The monoisotopic (exact) mass is 515 g/mol. The number of methoxy groups -OCH3 is 2. The molecule has 1 N–H and O–H groups in total. The molecule has 3 aliphatic heterocycles. The number of rotatable bonds is 8. The molecule has 5 rings (SSSR count). The normalized spacial score (nSPS) is 27.5. The highest BCUT2D eigenvalue weighted by Gasteiger charge is 2.59. The molecular formula is C28H37NO8. The van der Waals surface area contributed by atoms with Crippen LogP contribution in [0, 0.1) is 5.92 Å². The van der Waals surface area contributed by atoms with E-state index in [4.69, 9.17) is 23.7 Å². The first-order valence-corrected chi connectivity index (χ1v) is 13.2. The summed E-state index contributed by atoms with van der Waals surface area (Å²) in [5, 5.41) is 11.4. The van der Waals surface area contributed by atoms with Gasteiger partial charge in [0.1, 0.15) is 5.76 Å². The van der Waals surface area contributed by atoms with Crippen LogP contribution in [0.15, 0.2) is 24.0 Å².